The molecule has 2 heterocycles. The van der Waals surface area contributed by atoms with Crippen LogP contribution in [0.2, 0.25) is 5.02 Å². The number of nitrogens with zero attached hydrogens (tertiary/aromatic N) is 1. The Morgan fingerprint density at radius 1 is 1.33 bits per heavy atom. The molecule has 1 aliphatic rings. The topological polar surface area (TPSA) is 64.4 Å². The van der Waals surface area contributed by atoms with Crippen molar-refractivity contribution in [2.45, 2.75) is 12.8 Å². The van der Waals surface area contributed by atoms with Crippen LogP contribution in [0.4, 0.5) is 10.1 Å². The van der Waals surface area contributed by atoms with Crippen LogP contribution in [-0.2, 0) is 11.2 Å². The van der Waals surface area contributed by atoms with Gasteiger partial charge in [-0.1, -0.05) is 29.8 Å². The van der Waals surface area contributed by atoms with Gasteiger partial charge in [0, 0.05) is 18.0 Å². The summed E-state index contributed by atoms with van der Waals surface area (Å²) >= 11 is 6.16. The van der Waals surface area contributed by atoms with Gasteiger partial charge in [-0.2, -0.15) is 0 Å². The summed E-state index contributed by atoms with van der Waals surface area (Å²) in [5.74, 6) is 0.350. The highest BCUT2D eigenvalue weighted by atomic mass is 35.5. The Balaban J connectivity index is 1.43. The van der Waals surface area contributed by atoms with Crippen LogP contribution in [0.25, 0.3) is 11.3 Å². The van der Waals surface area contributed by atoms with Crippen LogP contribution < -0.4 is 10.1 Å². The average Bonchev–Trinajstić information content (AvgIpc) is 3.15. The molecule has 0 saturated heterocycles. The lowest BCUT2D eigenvalue weighted by Crippen LogP contribution is -2.26. The lowest BCUT2D eigenvalue weighted by Gasteiger charge is -2.24. The van der Waals surface area contributed by atoms with Gasteiger partial charge in [0.1, 0.15) is 11.6 Å². The van der Waals surface area contributed by atoms with Gasteiger partial charge < -0.3 is 14.5 Å². The van der Waals surface area contributed by atoms with Crippen molar-refractivity contribution in [1.29, 1.82) is 0 Å². The number of nitrogens with one attached hydrogen (secondary N) is 1. The van der Waals surface area contributed by atoms with Crippen molar-refractivity contribution >= 4 is 23.2 Å². The van der Waals surface area contributed by atoms with E-state index < -0.39 is 5.82 Å². The summed E-state index contributed by atoms with van der Waals surface area (Å²) in [5.41, 5.74) is 1.50. The number of hydrogen-bond acceptors (Lipinski definition) is 4. The van der Waals surface area contributed by atoms with Gasteiger partial charge in [-0.15, -0.1) is 0 Å². The Morgan fingerprint density at radius 3 is 2.96 bits per heavy atom. The van der Waals surface area contributed by atoms with E-state index in [1.807, 2.05) is 24.3 Å². The van der Waals surface area contributed by atoms with Crippen LogP contribution >= 0.6 is 11.6 Å². The van der Waals surface area contributed by atoms with E-state index in [-0.39, 0.29) is 34.6 Å². The Hall–Kier alpha value is -2.86. The molecule has 5 nitrogen and oxygen atoms in total. The standard InChI is InChI=1S/C20H16ClFN2O3/c21-15-7-14(8-16(22)20(15)18-9-23-11-27-18)24-19(25)6-12-5-13-3-1-2-4-17(13)26-10-12/h1-4,7-9,11-12H,5-6,10H2,(H,24,25). The van der Waals surface area contributed by atoms with E-state index in [1.165, 1.54) is 24.7 Å². The number of benzene rings is 2. The van der Waals surface area contributed by atoms with Crippen LogP contribution in [-0.4, -0.2) is 17.5 Å². The molecule has 4 rings (SSSR count). The fraction of sp³-hybridized carbons (Fsp3) is 0.200. The van der Waals surface area contributed by atoms with Crippen LogP contribution in [0.5, 0.6) is 5.75 Å². The number of ether oxygens (including phenoxy) is 1. The summed E-state index contributed by atoms with van der Waals surface area (Å²) in [4.78, 5) is 16.1. The van der Waals surface area contributed by atoms with Gasteiger partial charge >= 0.3 is 0 Å². The highest BCUT2D eigenvalue weighted by Crippen LogP contribution is 2.33. The quantitative estimate of drug-likeness (QED) is 0.705. The van der Waals surface area contributed by atoms with Gasteiger partial charge in [0.25, 0.3) is 0 Å². The number of rotatable bonds is 4. The summed E-state index contributed by atoms with van der Waals surface area (Å²) in [7, 11) is 0. The first-order chi connectivity index (χ1) is 13.1. The molecule has 1 atom stereocenters. The van der Waals surface area contributed by atoms with E-state index in [0.29, 0.717) is 12.3 Å². The van der Waals surface area contributed by atoms with Gasteiger partial charge in [-0.05, 0) is 30.2 Å². The molecule has 1 aromatic heterocycles. The molecule has 138 valence electrons. The molecule has 3 aromatic rings. The van der Waals surface area contributed by atoms with E-state index in [9.17, 15) is 9.18 Å². The number of para-hydroxylation sites is 1. The number of amides is 1. The van der Waals surface area contributed by atoms with E-state index in [2.05, 4.69) is 10.3 Å². The first-order valence-corrected chi connectivity index (χ1v) is 8.86. The first kappa shape index (κ1) is 17.5. The molecule has 1 amide bonds. The van der Waals surface area contributed by atoms with Crippen molar-refractivity contribution in [3.63, 3.8) is 0 Å². The molecular formula is C20H16ClFN2O3. The van der Waals surface area contributed by atoms with Crippen LogP contribution in [0.1, 0.15) is 12.0 Å². The highest BCUT2D eigenvalue weighted by molar-refractivity contribution is 6.33. The maximum Gasteiger partial charge on any atom is 0.224 e. The number of oxazole rings is 1. The van der Waals surface area contributed by atoms with Crippen molar-refractivity contribution in [3.05, 3.63) is 65.4 Å². The minimum absolute atomic E-state index is 0.0636. The highest BCUT2D eigenvalue weighted by Gasteiger charge is 2.22. The third-order valence-electron chi connectivity index (χ3n) is 4.43. The summed E-state index contributed by atoms with van der Waals surface area (Å²) in [6.07, 6.45) is 3.62. The number of halogens is 2. The molecule has 0 radical (unpaired) electrons. The zero-order valence-corrected chi connectivity index (χ0v) is 15.0. The van der Waals surface area contributed by atoms with Crippen LogP contribution in [0.3, 0.4) is 0 Å². The third-order valence-corrected chi connectivity index (χ3v) is 4.73. The van der Waals surface area contributed by atoms with Crippen molar-refractivity contribution in [3.8, 4) is 17.1 Å². The van der Waals surface area contributed by atoms with E-state index in [0.717, 1.165) is 17.7 Å². The largest absolute Gasteiger partial charge is 0.493 e. The van der Waals surface area contributed by atoms with Crippen molar-refractivity contribution in [2.75, 3.05) is 11.9 Å². The number of carbonyl (C=O) groups excluding carboxylic acids is 1. The second kappa shape index (κ2) is 7.40. The number of aromatic nitrogens is 1. The molecule has 27 heavy (non-hydrogen) atoms. The number of fused-ring (bicyclic) bond motifs is 1. The molecule has 0 fully saturated rings. The predicted molar refractivity (Wildman–Crippen MR) is 99.3 cm³/mol. The molecule has 0 bridgehead atoms. The number of hydrogen-bond donors (Lipinski definition) is 1. The molecule has 0 saturated carbocycles. The van der Waals surface area contributed by atoms with Crippen molar-refractivity contribution in [1.82, 2.24) is 4.98 Å². The SMILES string of the molecule is O=C(CC1COc2ccccc2C1)Nc1cc(F)c(-c2cnco2)c(Cl)c1. The average molecular weight is 387 g/mol. The van der Waals surface area contributed by atoms with E-state index in [1.54, 1.807) is 0 Å². The minimum Gasteiger partial charge on any atom is -0.493 e. The minimum atomic E-state index is -0.593. The smallest absolute Gasteiger partial charge is 0.224 e. The molecule has 2 aromatic carbocycles. The lowest BCUT2D eigenvalue weighted by molar-refractivity contribution is -0.117. The summed E-state index contributed by atoms with van der Waals surface area (Å²) in [6.45, 7) is 0.476. The molecule has 1 unspecified atom stereocenters. The monoisotopic (exact) mass is 386 g/mol. The Labute approximate surface area is 160 Å². The van der Waals surface area contributed by atoms with E-state index >= 15 is 0 Å². The molecular weight excluding hydrogens is 371 g/mol. The summed E-state index contributed by atoms with van der Waals surface area (Å²) < 4.78 is 25.2. The Kier molecular flexibility index (Phi) is 4.81. The Bertz CT molecular complexity index is 952. The Morgan fingerprint density at radius 2 is 2.19 bits per heavy atom. The molecule has 0 aliphatic carbocycles. The van der Waals surface area contributed by atoms with Gasteiger partial charge in [-0.25, -0.2) is 9.37 Å². The van der Waals surface area contributed by atoms with Crippen LogP contribution in [0, 0.1) is 11.7 Å². The number of carbonyl (C=O) groups is 1. The fourth-order valence-corrected chi connectivity index (χ4v) is 3.52. The molecule has 7 heteroatoms. The van der Waals surface area contributed by atoms with Crippen molar-refractivity contribution < 1.29 is 18.3 Å². The van der Waals surface area contributed by atoms with Gasteiger partial charge in [0.15, 0.2) is 12.2 Å². The number of anilines is 1. The summed E-state index contributed by atoms with van der Waals surface area (Å²) in [5, 5.41) is 2.84. The zero-order chi connectivity index (χ0) is 18.8. The lowest BCUT2D eigenvalue weighted by atomic mass is 9.94. The van der Waals surface area contributed by atoms with E-state index in [4.69, 9.17) is 20.8 Å². The van der Waals surface area contributed by atoms with Gasteiger partial charge in [-0.3, -0.25) is 4.79 Å². The second-order valence-corrected chi connectivity index (χ2v) is 6.83. The van der Waals surface area contributed by atoms with Gasteiger partial charge in [0.2, 0.25) is 5.91 Å². The maximum absolute atomic E-state index is 14.4. The summed E-state index contributed by atoms with van der Waals surface area (Å²) in [6, 6.07) is 10.5. The maximum atomic E-state index is 14.4. The molecule has 0 spiro atoms. The van der Waals surface area contributed by atoms with Gasteiger partial charge in [0.05, 0.1) is 23.4 Å². The third kappa shape index (κ3) is 3.80. The molecule has 1 aliphatic heterocycles. The molecule has 1 N–H and O–H groups in total. The first-order valence-electron chi connectivity index (χ1n) is 8.48. The van der Waals surface area contributed by atoms with Crippen LogP contribution in [0.15, 0.2) is 53.4 Å². The normalized spacial score (nSPS) is 15.7. The fourth-order valence-electron chi connectivity index (χ4n) is 3.22. The predicted octanol–water partition coefficient (Wildman–Crippen LogP) is 4.71. The second-order valence-electron chi connectivity index (χ2n) is 6.42. The zero-order valence-electron chi connectivity index (χ0n) is 14.2. The van der Waals surface area contributed by atoms with Crippen molar-refractivity contribution in [2.24, 2.45) is 5.92 Å².